The van der Waals surface area contributed by atoms with Crippen LogP contribution in [0.25, 0.3) is 0 Å². The third-order valence-electron chi connectivity index (χ3n) is 1.54. The molecule has 0 fully saturated rings. The van der Waals surface area contributed by atoms with Gasteiger partial charge in [-0.1, -0.05) is 18.2 Å². The number of para-hydroxylation sites is 1. The van der Waals surface area contributed by atoms with Crippen molar-refractivity contribution in [2.45, 2.75) is 13.8 Å². The van der Waals surface area contributed by atoms with Crippen molar-refractivity contribution in [3.05, 3.63) is 29.3 Å². The van der Waals surface area contributed by atoms with E-state index in [1.165, 1.54) is 0 Å². The van der Waals surface area contributed by atoms with E-state index in [9.17, 15) is 17.3 Å². The van der Waals surface area contributed by atoms with Crippen molar-refractivity contribution in [2.24, 2.45) is 0 Å². The number of nitrogens with two attached hydrogens (primary N) is 1. The predicted octanol–water partition coefficient (Wildman–Crippen LogP) is 1.46. The van der Waals surface area contributed by atoms with Crippen LogP contribution in [0.15, 0.2) is 18.2 Å². The molecule has 1 aromatic carbocycles. The van der Waals surface area contributed by atoms with Gasteiger partial charge in [0, 0.05) is 5.69 Å². The Morgan fingerprint density at radius 2 is 1.31 bits per heavy atom. The van der Waals surface area contributed by atoms with E-state index in [4.69, 9.17) is 16.5 Å². The SMILES string of the molecule is Cc1cccc(C)c1N.F[B-](F)(F)F.N#[NH+]. The zero-order valence-electron chi connectivity index (χ0n) is 8.85. The van der Waals surface area contributed by atoms with Crippen molar-refractivity contribution in [1.29, 1.82) is 5.39 Å². The van der Waals surface area contributed by atoms with Gasteiger partial charge in [0.15, 0.2) is 0 Å². The highest BCUT2D eigenvalue weighted by Gasteiger charge is 2.20. The maximum atomic E-state index is 9.75. The lowest BCUT2D eigenvalue weighted by Gasteiger charge is -2.00. The number of nitrogen functional groups attached to an aromatic ring is 1. The van der Waals surface area contributed by atoms with Crippen LogP contribution in [0.2, 0.25) is 0 Å². The summed E-state index contributed by atoms with van der Waals surface area (Å²) in [6.45, 7) is 4.03. The Hall–Kier alpha value is -1.78. The number of diazo groups is 1. The number of rotatable bonds is 0. The first kappa shape index (κ1) is 16.6. The van der Waals surface area contributed by atoms with Gasteiger partial charge in [-0.05, 0) is 25.0 Å². The molecule has 0 saturated heterocycles. The largest absolute Gasteiger partial charge is 0.673 e. The summed E-state index contributed by atoms with van der Waals surface area (Å²) in [5, 5.41) is 11.0. The van der Waals surface area contributed by atoms with E-state index in [1.807, 2.05) is 32.0 Å². The van der Waals surface area contributed by atoms with Gasteiger partial charge >= 0.3 is 7.25 Å². The first-order valence-corrected chi connectivity index (χ1v) is 4.13. The molecule has 8 heteroatoms. The molecule has 0 amide bonds. The number of hydrogen-bond donors (Lipinski definition) is 2. The minimum Gasteiger partial charge on any atom is -0.418 e. The van der Waals surface area contributed by atoms with Crippen LogP contribution in [0, 0.1) is 19.2 Å². The monoisotopic (exact) mass is 237 g/mol. The summed E-state index contributed by atoms with van der Waals surface area (Å²) in [6.07, 6.45) is 0. The molecule has 3 N–H and O–H groups in total. The summed E-state index contributed by atoms with van der Waals surface area (Å²) in [6, 6.07) is 6.05. The van der Waals surface area contributed by atoms with Crippen molar-refractivity contribution in [3.8, 4) is 0 Å². The zero-order chi connectivity index (χ0) is 13.4. The van der Waals surface area contributed by atoms with Crippen molar-refractivity contribution in [2.75, 3.05) is 5.73 Å². The third-order valence-corrected chi connectivity index (χ3v) is 1.54. The molecule has 90 valence electrons. The minimum absolute atomic E-state index is 0.914. The lowest BCUT2D eigenvalue weighted by Crippen LogP contribution is -2.11. The van der Waals surface area contributed by atoms with E-state index >= 15 is 0 Å². The molecule has 0 heterocycles. The lowest BCUT2D eigenvalue weighted by molar-refractivity contribution is -0.175. The molecule has 0 bridgehead atoms. The Morgan fingerprint density at radius 3 is 1.50 bits per heavy atom. The normalized spacial score (nSPS) is 9.25. The molecule has 1 rings (SSSR count). The fourth-order valence-electron chi connectivity index (χ4n) is 0.827. The summed E-state index contributed by atoms with van der Waals surface area (Å²) in [5.74, 6) is 0. The van der Waals surface area contributed by atoms with Gasteiger partial charge in [0.25, 0.3) is 0 Å². The van der Waals surface area contributed by atoms with Gasteiger partial charge in [-0.3, -0.25) is 0 Å². The Morgan fingerprint density at radius 1 is 1.06 bits per heavy atom. The van der Waals surface area contributed by atoms with E-state index in [0.29, 0.717) is 0 Å². The van der Waals surface area contributed by atoms with Crippen LogP contribution in [-0.4, -0.2) is 7.25 Å². The number of nitrogens with zero attached hydrogens (tertiary/aromatic N) is 1. The van der Waals surface area contributed by atoms with Crippen LogP contribution in [0.3, 0.4) is 0 Å². The Kier molecular flexibility index (Phi) is 7.81. The minimum atomic E-state index is -6.00. The van der Waals surface area contributed by atoms with Gasteiger partial charge in [0.2, 0.25) is 5.39 Å². The highest BCUT2D eigenvalue weighted by Crippen LogP contribution is 2.13. The first-order valence-electron chi connectivity index (χ1n) is 4.13. The number of aryl methyl sites for hydroxylation is 2. The van der Waals surface area contributed by atoms with Gasteiger partial charge in [0.05, 0.1) is 5.39 Å². The highest BCUT2D eigenvalue weighted by atomic mass is 19.5. The molecule has 0 aliphatic rings. The maximum absolute atomic E-state index is 9.75. The lowest BCUT2D eigenvalue weighted by atomic mass is 10.1. The molecular weight excluding hydrogens is 225 g/mol. The molecule has 0 unspecified atom stereocenters. The number of benzene rings is 1. The van der Waals surface area contributed by atoms with Gasteiger partial charge in [-0.25, -0.2) is 0 Å². The second-order valence-electron chi connectivity index (χ2n) is 2.80. The van der Waals surface area contributed by atoms with Crippen molar-refractivity contribution in [1.82, 2.24) is 0 Å². The van der Waals surface area contributed by atoms with Gasteiger partial charge in [0.1, 0.15) is 0 Å². The second kappa shape index (κ2) is 7.51. The molecule has 3 nitrogen and oxygen atoms in total. The van der Waals surface area contributed by atoms with Crippen LogP contribution >= 0.6 is 0 Å². The molecule has 0 aromatic heterocycles. The number of hydrogen-bond acceptors (Lipinski definition) is 2. The Labute approximate surface area is 90.8 Å². The molecule has 0 aliphatic heterocycles. The van der Waals surface area contributed by atoms with Crippen LogP contribution in [-0.2, 0) is 0 Å². The van der Waals surface area contributed by atoms with E-state index in [2.05, 4.69) is 0 Å². The topological polar surface area (TPSA) is 73.6 Å². The van der Waals surface area contributed by atoms with Gasteiger partial charge in [-0.15, -0.1) is 0 Å². The predicted molar refractivity (Wildman–Crippen MR) is 53.2 cm³/mol. The zero-order valence-corrected chi connectivity index (χ0v) is 8.85. The summed E-state index contributed by atoms with van der Waals surface area (Å²) in [7, 11) is -6.00. The van der Waals surface area contributed by atoms with Crippen molar-refractivity contribution >= 4 is 12.9 Å². The second-order valence-corrected chi connectivity index (χ2v) is 2.80. The summed E-state index contributed by atoms with van der Waals surface area (Å²) < 4.78 is 39.0. The molecule has 16 heavy (non-hydrogen) atoms. The van der Waals surface area contributed by atoms with E-state index in [-0.39, 0.29) is 0 Å². The average molecular weight is 237 g/mol. The molecule has 0 saturated carbocycles. The first-order chi connectivity index (χ1) is 7.22. The van der Waals surface area contributed by atoms with Crippen LogP contribution in [0.1, 0.15) is 11.1 Å². The van der Waals surface area contributed by atoms with Gasteiger partial charge in [-0.2, -0.15) is 0 Å². The maximum Gasteiger partial charge on any atom is 0.673 e. The van der Waals surface area contributed by atoms with Crippen LogP contribution < -0.4 is 11.1 Å². The molecule has 0 radical (unpaired) electrons. The summed E-state index contributed by atoms with van der Waals surface area (Å²) >= 11 is 0. The van der Waals surface area contributed by atoms with E-state index in [0.717, 1.165) is 16.8 Å². The summed E-state index contributed by atoms with van der Waals surface area (Å²) in [5.41, 5.74) is 8.92. The van der Waals surface area contributed by atoms with Crippen LogP contribution in [0.5, 0.6) is 0 Å². The highest BCUT2D eigenvalue weighted by molar-refractivity contribution is 6.50. The third kappa shape index (κ3) is 10.3. The summed E-state index contributed by atoms with van der Waals surface area (Å²) in [4.78, 5) is 0. The van der Waals surface area contributed by atoms with Crippen molar-refractivity contribution < 1.29 is 22.7 Å². The fraction of sp³-hybridized carbons (Fsp3) is 0.250. The molecule has 0 aliphatic carbocycles. The van der Waals surface area contributed by atoms with E-state index < -0.39 is 7.25 Å². The fourth-order valence-corrected chi connectivity index (χ4v) is 0.827. The number of nitrogens with one attached hydrogen (secondary N) is 1. The molecular formula is C8H12BF4N3. The molecule has 0 atom stereocenters. The standard InChI is InChI=1S/C8H11N.BF4.N2/c1-6-4-3-5-7(2)8(6)9;2-1(3,4)5;1-2/h3-5H,9H2,1-2H3;;/q;-1;/p+1. The van der Waals surface area contributed by atoms with Crippen LogP contribution in [0.4, 0.5) is 23.0 Å². The number of halogens is 4. The molecule has 1 aromatic rings. The quantitative estimate of drug-likeness (QED) is 0.310. The smallest absolute Gasteiger partial charge is 0.418 e. The molecule has 0 spiro atoms. The van der Waals surface area contributed by atoms with Crippen molar-refractivity contribution in [3.63, 3.8) is 0 Å². The van der Waals surface area contributed by atoms with E-state index in [1.54, 1.807) is 0 Å². The number of anilines is 1. The average Bonchev–Trinajstić information content (AvgIpc) is 2.15. The van der Waals surface area contributed by atoms with Gasteiger partial charge < -0.3 is 23.0 Å². The Balaban J connectivity index is 0. The Bertz CT molecular complexity index is 312.